The van der Waals surface area contributed by atoms with Crippen LogP contribution in [0.4, 0.5) is 14.9 Å². The number of nitrogens with one attached hydrogen (secondary N) is 1. The molecule has 0 spiro atoms. The van der Waals surface area contributed by atoms with E-state index in [1.54, 1.807) is 23.1 Å². The maximum Gasteiger partial charge on any atom is 0.322 e. The highest BCUT2D eigenvalue weighted by Gasteiger charge is 2.30. The van der Waals surface area contributed by atoms with Gasteiger partial charge >= 0.3 is 6.03 Å². The van der Waals surface area contributed by atoms with Crippen molar-refractivity contribution in [3.05, 3.63) is 54.2 Å². The van der Waals surface area contributed by atoms with E-state index in [9.17, 15) is 14.3 Å². The van der Waals surface area contributed by atoms with Gasteiger partial charge in [0, 0.05) is 18.7 Å². The zero-order valence-corrected chi connectivity index (χ0v) is 13.0. The van der Waals surface area contributed by atoms with Crippen LogP contribution >= 0.6 is 0 Å². The van der Waals surface area contributed by atoms with Crippen LogP contribution in [0.15, 0.2) is 47.1 Å². The summed E-state index contributed by atoms with van der Waals surface area (Å²) in [6, 6.07) is 8.46. The maximum atomic E-state index is 13.2. The third kappa shape index (κ3) is 3.93. The lowest BCUT2D eigenvalue weighted by Gasteiger charge is -2.36. The first kappa shape index (κ1) is 16.5. The van der Waals surface area contributed by atoms with Crippen LogP contribution in [0, 0.1) is 5.82 Å². The van der Waals surface area contributed by atoms with E-state index in [4.69, 9.17) is 9.15 Å². The molecule has 6 nitrogen and oxygen atoms in total. The number of amides is 2. The molecule has 1 aromatic heterocycles. The molecule has 0 saturated carbocycles. The first-order valence-electron chi connectivity index (χ1n) is 7.76. The second kappa shape index (κ2) is 7.46. The van der Waals surface area contributed by atoms with E-state index < -0.39 is 11.9 Å². The quantitative estimate of drug-likeness (QED) is 0.901. The van der Waals surface area contributed by atoms with Crippen LogP contribution in [0.25, 0.3) is 0 Å². The first-order valence-corrected chi connectivity index (χ1v) is 7.76. The van der Waals surface area contributed by atoms with Crippen LogP contribution in [0.2, 0.25) is 0 Å². The minimum Gasteiger partial charge on any atom is -0.467 e. The summed E-state index contributed by atoms with van der Waals surface area (Å²) >= 11 is 0. The van der Waals surface area contributed by atoms with Gasteiger partial charge in [-0.3, -0.25) is 0 Å². The van der Waals surface area contributed by atoms with Gasteiger partial charge in [0.15, 0.2) is 0 Å². The number of furan rings is 1. The molecule has 2 aromatic rings. The lowest BCUT2D eigenvalue weighted by atomic mass is 10.1. The van der Waals surface area contributed by atoms with Crippen molar-refractivity contribution in [1.82, 2.24) is 4.90 Å². The molecule has 2 heterocycles. The lowest BCUT2D eigenvalue weighted by Crippen LogP contribution is -2.50. The van der Waals surface area contributed by atoms with Crippen molar-refractivity contribution < 1.29 is 23.4 Å². The van der Waals surface area contributed by atoms with E-state index in [0.29, 0.717) is 37.6 Å². The molecule has 0 bridgehead atoms. The standard InChI is InChI=1S/C17H19FN2O4/c18-12-3-1-4-13(9-12)19-17(22)20-6-8-23-11-14(20)10-15(21)16-5-2-7-24-16/h1-5,7,9,14-15,21H,6,8,10-11H2,(H,19,22)/t14-,15+/m1/s1. The maximum absolute atomic E-state index is 13.2. The molecule has 1 saturated heterocycles. The van der Waals surface area contributed by atoms with E-state index in [2.05, 4.69) is 5.32 Å². The van der Waals surface area contributed by atoms with Crippen LogP contribution < -0.4 is 5.32 Å². The van der Waals surface area contributed by atoms with E-state index in [1.165, 1.54) is 24.5 Å². The van der Waals surface area contributed by atoms with Gasteiger partial charge in [0.1, 0.15) is 17.7 Å². The number of halogens is 1. The zero-order valence-electron chi connectivity index (χ0n) is 13.0. The first-order chi connectivity index (χ1) is 11.6. The number of hydrogen-bond donors (Lipinski definition) is 2. The Balaban J connectivity index is 1.66. The normalized spacial score (nSPS) is 19.1. The smallest absolute Gasteiger partial charge is 0.322 e. The Kier molecular flexibility index (Phi) is 5.12. The van der Waals surface area contributed by atoms with Gasteiger partial charge in [-0.2, -0.15) is 0 Å². The number of carbonyl (C=O) groups excluding carboxylic acids is 1. The average molecular weight is 334 g/mol. The predicted octanol–water partition coefficient (Wildman–Crippen LogP) is 2.78. The molecule has 1 aliphatic rings. The number of carbonyl (C=O) groups is 1. The molecule has 1 aliphatic heterocycles. The van der Waals surface area contributed by atoms with Gasteiger partial charge in [-0.15, -0.1) is 0 Å². The highest BCUT2D eigenvalue weighted by Crippen LogP contribution is 2.23. The number of aliphatic hydroxyl groups excluding tert-OH is 1. The van der Waals surface area contributed by atoms with Gasteiger partial charge in [-0.25, -0.2) is 9.18 Å². The molecule has 2 atom stereocenters. The Morgan fingerprint density at radius 1 is 1.42 bits per heavy atom. The second-order valence-electron chi connectivity index (χ2n) is 5.63. The van der Waals surface area contributed by atoms with E-state index in [1.807, 2.05) is 0 Å². The lowest BCUT2D eigenvalue weighted by molar-refractivity contribution is -0.00713. The molecule has 7 heteroatoms. The fourth-order valence-corrected chi connectivity index (χ4v) is 2.73. The largest absolute Gasteiger partial charge is 0.467 e. The van der Waals surface area contributed by atoms with Gasteiger partial charge in [0.05, 0.1) is 25.5 Å². The molecule has 1 aromatic carbocycles. The third-order valence-corrected chi connectivity index (χ3v) is 3.93. The van der Waals surface area contributed by atoms with Crippen molar-refractivity contribution in [3.8, 4) is 0 Å². The van der Waals surface area contributed by atoms with Crippen LogP contribution in [0.5, 0.6) is 0 Å². The molecule has 2 N–H and O–H groups in total. The van der Waals surface area contributed by atoms with Gasteiger partial charge in [-0.1, -0.05) is 6.07 Å². The minimum absolute atomic E-state index is 0.296. The summed E-state index contributed by atoms with van der Waals surface area (Å²) in [6.45, 7) is 1.15. The fraction of sp³-hybridized carbons (Fsp3) is 0.353. The van der Waals surface area contributed by atoms with E-state index >= 15 is 0 Å². The summed E-state index contributed by atoms with van der Waals surface area (Å²) in [6.07, 6.45) is 0.963. The Bertz CT molecular complexity index is 677. The summed E-state index contributed by atoms with van der Waals surface area (Å²) in [5.74, 6) is 0.0330. The van der Waals surface area contributed by atoms with Crippen molar-refractivity contribution in [2.24, 2.45) is 0 Å². The molecule has 24 heavy (non-hydrogen) atoms. The molecule has 128 valence electrons. The molecule has 2 amide bonds. The van der Waals surface area contributed by atoms with Crippen LogP contribution in [0.1, 0.15) is 18.3 Å². The minimum atomic E-state index is -0.823. The number of aliphatic hydroxyl groups is 1. The molecular formula is C17H19FN2O4. The molecule has 0 radical (unpaired) electrons. The number of ether oxygens (including phenoxy) is 1. The Morgan fingerprint density at radius 3 is 3.04 bits per heavy atom. The number of morpholine rings is 1. The molecule has 3 rings (SSSR count). The number of hydrogen-bond acceptors (Lipinski definition) is 4. The Morgan fingerprint density at radius 2 is 2.29 bits per heavy atom. The van der Waals surface area contributed by atoms with E-state index in [0.717, 1.165) is 0 Å². The monoisotopic (exact) mass is 334 g/mol. The van der Waals surface area contributed by atoms with Crippen molar-refractivity contribution >= 4 is 11.7 Å². The fourth-order valence-electron chi connectivity index (χ4n) is 2.73. The van der Waals surface area contributed by atoms with Gasteiger partial charge in [0.25, 0.3) is 0 Å². The number of urea groups is 1. The van der Waals surface area contributed by atoms with Crippen molar-refractivity contribution in [1.29, 1.82) is 0 Å². The third-order valence-electron chi connectivity index (χ3n) is 3.93. The topological polar surface area (TPSA) is 74.9 Å². The average Bonchev–Trinajstić information content (AvgIpc) is 3.10. The summed E-state index contributed by atoms with van der Waals surface area (Å²) in [4.78, 5) is 14.1. The van der Waals surface area contributed by atoms with Crippen molar-refractivity contribution in [3.63, 3.8) is 0 Å². The molecular weight excluding hydrogens is 315 g/mol. The predicted molar refractivity (Wildman–Crippen MR) is 85.0 cm³/mol. The van der Waals surface area contributed by atoms with Crippen LogP contribution in [-0.2, 0) is 4.74 Å². The Hall–Kier alpha value is -2.38. The summed E-state index contributed by atoms with van der Waals surface area (Å²) in [5.41, 5.74) is 0.386. The Labute approximate surface area is 138 Å². The number of nitrogens with zero attached hydrogens (tertiary/aromatic N) is 1. The molecule has 0 aliphatic carbocycles. The van der Waals surface area contributed by atoms with Gasteiger partial charge in [-0.05, 0) is 30.3 Å². The summed E-state index contributed by atoms with van der Waals surface area (Å²) < 4.78 is 23.9. The SMILES string of the molecule is O=C(Nc1cccc(F)c1)N1CCOC[C@H]1C[C@H](O)c1ccco1. The summed E-state index contributed by atoms with van der Waals surface area (Å²) in [5, 5.41) is 12.9. The van der Waals surface area contributed by atoms with Crippen LogP contribution in [0.3, 0.4) is 0 Å². The zero-order chi connectivity index (χ0) is 16.9. The molecule has 1 fully saturated rings. The van der Waals surface area contributed by atoms with E-state index in [-0.39, 0.29) is 12.1 Å². The number of anilines is 1. The summed E-state index contributed by atoms with van der Waals surface area (Å²) in [7, 11) is 0. The van der Waals surface area contributed by atoms with Crippen LogP contribution in [-0.4, -0.2) is 41.8 Å². The highest BCUT2D eigenvalue weighted by atomic mass is 19.1. The molecule has 0 unspecified atom stereocenters. The van der Waals surface area contributed by atoms with Crippen molar-refractivity contribution in [2.45, 2.75) is 18.6 Å². The second-order valence-corrected chi connectivity index (χ2v) is 5.63. The van der Waals surface area contributed by atoms with Gasteiger partial charge < -0.3 is 24.5 Å². The number of rotatable bonds is 4. The van der Waals surface area contributed by atoms with Crippen molar-refractivity contribution in [2.75, 3.05) is 25.1 Å². The number of benzene rings is 1. The highest BCUT2D eigenvalue weighted by molar-refractivity contribution is 5.89. The van der Waals surface area contributed by atoms with Gasteiger partial charge in [0.2, 0.25) is 0 Å².